The Labute approximate surface area is 86.3 Å². The molecule has 0 aromatic heterocycles. The van der Waals surface area contributed by atoms with Crippen LogP contribution in [-0.2, 0) is 9.53 Å². The normalized spacial score (nSPS) is 23.5. The van der Waals surface area contributed by atoms with Crippen molar-refractivity contribution in [2.75, 3.05) is 6.61 Å². The highest BCUT2D eigenvalue weighted by molar-refractivity contribution is 5.82. The molecular weight excluding hydrogens is 176 g/mol. The molecule has 80 valence electrons. The lowest BCUT2D eigenvalue weighted by molar-refractivity contribution is -0.137. The summed E-state index contributed by atoms with van der Waals surface area (Å²) in [6, 6.07) is 0. The predicted molar refractivity (Wildman–Crippen MR) is 57.0 cm³/mol. The van der Waals surface area contributed by atoms with Gasteiger partial charge in [-0.3, -0.25) is 0 Å². The third-order valence-corrected chi connectivity index (χ3v) is 2.67. The number of carbonyl (C=O) groups is 1. The summed E-state index contributed by atoms with van der Waals surface area (Å²) in [5, 5.41) is 0. The summed E-state index contributed by atoms with van der Waals surface area (Å²) in [4.78, 5) is 11.2. The zero-order chi connectivity index (χ0) is 10.6. The molecule has 0 aliphatic heterocycles. The number of ether oxygens (including phenoxy) is 1. The molecule has 14 heavy (non-hydrogen) atoms. The van der Waals surface area contributed by atoms with Crippen molar-refractivity contribution in [2.45, 2.75) is 46.5 Å². The molecule has 0 aromatic carbocycles. The third kappa shape index (κ3) is 3.52. The molecule has 0 N–H and O–H groups in total. The van der Waals surface area contributed by atoms with Crippen molar-refractivity contribution in [1.82, 2.24) is 0 Å². The standard InChI is InChI=1S/C12H20O2/c1-4-14-11(13)8-10-6-5-7-12(2,3)9-10/h8H,4-7,9H2,1-3H3. The van der Waals surface area contributed by atoms with Crippen LogP contribution >= 0.6 is 0 Å². The second kappa shape index (κ2) is 4.63. The van der Waals surface area contributed by atoms with Crippen molar-refractivity contribution in [3.8, 4) is 0 Å². The second-order valence-electron chi connectivity index (χ2n) is 4.75. The van der Waals surface area contributed by atoms with Crippen molar-refractivity contribution in [3.63, 3.8) is 0 Å². The van der Waals surface area contributed by atoms with Crippen molar-refractivity contribution < 1.29 is 9.53 Å². The first kappa shape index (κ1) is 11.3. The minimum Gasteiger partial charge on any atom is -0.463 e. The van der Waals surface area contributed by atoms with E-state index in [0.717, 1.165) is 12.8 Å². The molecule has 0 bridgehead atoms. The largest absolute Gasteiger partial charge is 0.463 e. The van der Waals surface area contributed by atoms with Crippen molar-refractivity contribution in [1.29, 1.82) is 0 Å². The summed E-state index contributed by atoms with van der Waals surface area (Å²) in [5.74, 6) is -0.180. The average molecular weight is 196 g/mol. The van der Waals surface area contributed by atoms with Gasteiger partial charge in [-0.1, -0.05) is 19.4 Å². The SMILES string of the molecule is CCOC(=O)C=C1CCCC(C)(C)C1. The zero-order valence-corrected chi connectivity index (χ0v) is 9.43. The summed E-state index contributed by atoms with van der Waals surface area (Å²) in [6.07, 6.45) is 6.23. The van der Waals surface area contributed by atoms with Crippen LogP contribution in [0.3, 0.4) is 0 Å². The van der Waals surface area contributed by atoms with Crippen LogP contribution in [0.5, 0.6) is 0 Å². The van der Waals surface area contributed by atoms with E-state index in [2.05, 4.69) is 13.8 Å². The quantitative estimate of drug-likeness (QED) is 0.501. The van der Waals surface area contributed by atoms with E-state index in [1.54, 1.807) is 6.08 Å². The topological polar surface area (TPSA) is 26.3 Å². The van der Waals surface area contributed by atoms with Gasteiger partial charge in [0.05, 0.1) is 6.61 Å². The second-order valence-corrected chi connectivity index (χ2v) is 4.75. The Balaban J connectivity index is 2.55. The van der Waals surface area contributed by atoms with E-state index in [1.165, 1.54) is 18.4 Å². The smallest absolute Gasteiger partial charge is 0.330 e. The van der Waals surface area contributed by atoms with Gasteiger partial charge in [0, 0.05) is 6.08 Å². The maximum Gasteiger partial charge on any atom is 0.330 e. The number of hydrogen-bond acceptors (Lipinski definition) is 2. The molecule has 0 aromatic rings. The number of carbonyl (C=O) groups excluding carboxylic acids is 1. The van der Waals surface area contributed by atoms with Crippen LogP contribution < -0.4 is 0 Å². The highest BCUT2D eigenvalue weighted by Gasteiger charge is 2.24. The first-order valence-electron chi connectivity index (χ1n) is 5.40. The molecule has 1 fully saturated rings. The van der Waals surface area contributed by atoms with Crippen LogP contribution in [0.2, 0.25) is 0 Å². The maximum absolute atomic E-state index is 11.2. The Bertz CT molecular complexity index is 239. The molecule has 1 rings (SSSR count). The van der Waals surface area contributed by atoms with Gasteiger partial charge in [0.2, 0.25) is 0 Å². The summed E-state index contributed by atoms with van der Waals surface area (Å²) in [5.41, 5.74) is 1.61. The molecule has 0 unspecified atom stereocenters. The van der Waals surface area contributed by atoms with E-state index in [4.69, 9.17) is 4.74 Å². The summed E-state index contributed by atoms with van der Waals surface area (Å²) < 4.78 is 4.90. The van der Waals surface area contributed by atoms with Crippen LogP contribution in [0.15, 0.2) is 11.6 Å². The Kier molecular flexibility index (Phi) is 3.73. The van der Waals surface area contributed by atoms with Gasteiger partial charge in [-0.25, -0.2) is 4.79 Å². The first-order chi connectivity index (χ1) is 6.53. The predicted octanol–water partition coefficient (Wildman–Crippen LogP) is 3.08. The van der Waals surface area contributed by atoms with Crippen molar-refractivity contribution >= 4 is 5.97 Å². The van der Waals surface area contributed by atoms with Crippen LogP contribution in [0, 0.1) is 5.41 Å². The van der Waals surface area contributed by atoms with Gasteiger partial charge in [0.1, 0.15) is 0 Å². The van der Waals surface area contributed by atoms with E-state index in [9.17, 15) is 4.79 Å². The van der Waals surface area contributed by atoms with Crippen LogP contribution in [0.4, 0.5) is 0 Å². The van der Waals surface area contributed by atoms with E-state index in [1.807, 2.05) is 6.92 Å². The minimum atomic E-state index is -0.180. The molecular formula is C12H20O2. The molecule has 2 nitrogen and oxygen atoms in total. The Morgan fingerprint density at radius 1 is 1.57 bits per heavy atom. The highest BCUT2D eigenvalue weighted by Crippen LogP contribution is 2.37. The fourth-order valence-electron chi connectivity index (χ4n) is 2.06. The van der Waals surface area contributed by atoms with E-state index in [-0.39, 0.29) is 5.97 Å². The monoisotopic (exact) mass is 196 g/mol. The molecule has 0 amide bonds. The van der Waals surface area contributed by atoms with Gasteiger partial charge in [-0.2, -0.15) is 0 Å². The zero-order valence-electron chi connectivity index (χ0n) is 9.43. The molecule has 0 spiro atoms. The van der Waals surface area contributed by atoms with E-state index < -0.39 is 0 Å². The van der Waals surface area contributed by atoms with Crippen molar-refractivity contribution in [3.05, 3.63) is 11.6 Å². The van der Waals surface area contributed by atoms with Gasteiger partial charge in [0.15, 0.2) is 0 Å². The number of allylic oxidation sites excluding steroid dienone is 1. The fourth-order valence-corrected chi connectivity index (χ4v) is 2.06. The summed E-state index contributed by atoms with van der Waals surface area (Å²) in [7, 11) is 0. The fraction of sp³-hybridized carbons (Fsp3) is 0.750. The van der Waals surface area contributed by atoms with E-state index in [0.29, 0.717) is 12.0 Å². The van der Waals surface area contributed by atoms with Crippen LogP contribution in [-0.4, -0.2) is 12.6 Å². The molecule has 1 aliphatic rings. The summed E-state index contributed by atoms with van der Waals surface area (Å²) in [6.45, 7) is 6.81. The van der Waals surface area contributed by atoms with Crippen LogP contribution in [0.1, 0.15) is 46.5 Å². The third-order valence-electron chi connectivity index (χ3n) is 2.67. The molecule has 1 aliphatic carbocycles. The molecule has 0 atom stereocenters. The van der Waals surface area contributed by atoms with Gasteiger partial charge in [0.25, 0.3) is 0 Å². The van der Waals surface area contributed by atoms with Gasteiger partial charge >= 0.3 is 5.97 Å². The number of esters is 1. The van der Waals surface area contributed by atoms with Crippen molar-refractivity contribution in [2.24, 2.45) is 5.41 Å². The van der Waals surface area contributed by atoms with Gasteiger partial charge < -0.3 is 4.74 Å². The molecule has 0 saturated heterocycles. The average Bonchev–Trinajstić information content (AvgIpc) is 2.02. The molecule has 2 heteroatoms. The van der Waals surface area contributed by atoms with E-state index >= 15 is 0 Å². The number of hydrogen-bond donors (Lipinski definition) is 0. The highest BCUT2D eigenvalue weighted by atomic mass is 16.5. The first-order valence-corrected chi connectivity index (χ1v) is 5.40. The maximum atomic E-state index is 11.2. The van der Waals surface area contributed by atoms with Crippen LogP contribution in [0.25, 0.3) is 0 Å². The molecule has 1 saturated carbocycles. The number of rotatable bonds is 2. The lowest BCUT2D eigenvalue weighted by Gasteiger charge is -2.30. The molecule has 0 radical (unpaired) electrons. The minimum absolute atomic E-state index is 0.180. The Morgan fingerprint density at radius 2 is 2.29 bits per heavy atom. The van der Waals surface area contributed by atoms with Gasteiger partial charge in [-0.15, -0.1) is 0 Å². The lowest BCUT2D eigenvalue weighted by Crippen LogP contribution is -2.18. The van der Waals surface area contributed by atoms with Gasteiger partial charge in [-0.05, 0) is 38.0 Å². The molecule has 0 heterocycles. The lowest BCUT2D eigenvalue weighted by atomic mass is 9.75. The summed E-state index contributed by atoms with van der Waals surface area (Å²) >= 11 is 0. The Morgan fingerprint density at radius 3 is 2.86 bits per heavy atom. The Hall–Kier alpha value is -0.790.